The average Bonchev–Trinajstić information content (AvgIpc) is 3.28. The molecule has 0 N–H and O–H groups in total. The number of rotatable bonds is 2. The zero-order chi connectivity index (χ0) is 22.3. The van der Waals surface area contributed by atoms with E-state index in [-0.39, 0.29) is 5.43 Å². The summed E-state index contributed by atoms with van der Waals surface area (Å²) in [6.07, 6.45) is 2.25. The first-order valence-corrected chi connectivity index (χ1v) is 23.1. The first kappa shape index (κ1) is 25.6. The fourth-order valence-corrected chi connectivity index (χ4v) is 3.52. The van der Waals surface area contributed by atoms with Gasteiger partial charge in [0.1, 0.15) is 0 Å². The van der Waals surface area contributed by atoms with Gasteiger partial charge in [0.25, 0.3) is 0 Å². The Hall–Kier alpha value is -0.660. The van der Waals surface area contributed by atoms with Gasteiger partial charge in [0, 0.05) is 0 Å². The van der Waals surface area contributed by atoms with Crippen molar-refractivity contribution < 1.29 is 18.0 Å². The number of halogens is 2. The van der Waals surface area contributed by atoms with Gasteiger partial charge < -0.3 is 0 Å². The minimum absolute atomic E-state index is 0.224. The fraction of sp³-hybridized carbons (Fsp3) is 0.308. The van der Waals surface area contributed by atoms with Gasteiger partial charge in [-0.05, 0) is 12.8 Å². The summed E-state index contributed by atoms with van der Waals surface area (Å²) in [6.45, 7) is 13.0. The first-order valence-electron chi connectivity index (χ1n) is 10.5. The summed E-state index contributed by atoms with van der Waals surface area (Å²) in [5, 5.41) is 5.62. The van der Waals surface area contributed by atoms with Crippen LogP contribution in [-0.2, 0) is 30.8 Å². The van der Waals surface area contributed by atoms with Crippen molar-refractivity contribution in [2.75, 3.05) is 0 Å². The number of aryl methyl sites for hydroxylation is 4. The Labute approximate surface area is 197 Å². The predicted octanol–water partition coefficient (Wildman–Crippen LogP) is 9.02. The van der Waals surface area contributed by atoms with Crippen molar-refractivity contribution in [2.24, 2.45) is 0 Å². The Bertz CT molecular complexity index is 1040. The van der Waals surface area contributed by atoms with E-state index < -0.39 is 18.0 Å². The molecule has 4 heteroatoms. The van der Waals surface area contributed by atoms with E-state index in [1.165, 1.54) is 43.8 Å². The molecule has 4 aromatic carbocycles. The molecule has 0 unspecified atom stereocenters. The van der Waals surface area contributed by atoms with Gasteiger partial charge in [-0.25, -0.2) is 0 Å². The number of benzene rings is 2. The van der Waals surface area contributed by atoms with Crippen molar-refractivity contribution in [1.29, 1.82) is 0 Å². The van der Waals surface area contributed by atoms with E-state index in [1.807, 2.05) is 0 Å². The van der Waals surface area contributed by atoms with Crippen molar-refractivity contribution in [3.8, 4) is 0 Å². The molecule has 160 valence electrons. The molecule has 0 amide bonds. The van der Waals surface area contributed by atoms with Gasteiger partial charge in [-0.2, -0.15) is 12.1 Å². The van der Waals surface area contributed by atoms with E-state index in [1.54, 1.807) is 0 Å². The standard InChI is InChI=1S/2C12H13.C2H6Si.2ClH.Zr/c2*1-3-10-5-4-6-11-7-9(2)8-12(10)11;1-3-2;;;/h2*4-8H,3H2,1-2H3;1-2H3;2*1H;/q2*-1;;;;+2/p-2. The van der Waals surface area contributed by atoms with E-state index in [9.17, 15) is 0 Å². The van der Waals surface area contributed by atoms with E-state index in [0.717, 1.165) is 12.8 Å². The van der Waals surface area contributed by atoms with Crippen LogP contribution in [-0.4, -0.2) is 5.43 Å². The van der Waals surface area contributed by atoms with Gasteiger partial charge >= 0.3 is 53.5 Å². The molecule has 0 atom stereocenters. The van der Waals surface area contributed by atoms with Crippen LogP contribution in [0, 0.1) is 13.8 Å². The molecule has 0 fully saturated rings. The van der Waals surface area contributed by atoms with Gasteiger partial charge in [-0.3, -0.25) is 0 Å². The maximum absolute atomic E-state index is 5.62. The van der Waals surface area contributed by atoms with Gasteiger partial charge in [-0.1, -0.05) is 51.0 Å². The van der Waals surface area contributed by atoms with Gasteiger partial charge in [-0.15, -0.1) is 69.1 Å². The summed E-state index contributed by atoms with van der Waals surface area (Å²) < 4.78 is 0. The number of fused-ring (bicyclic) bond motifs is 2. The second kappa shape index (κ2) is 12.4. The van der Waals surface area contributed by atoms with Crippen LogP contribution in [0.4, 0.5) is 0 Å². The van der Waals surface area contributed by atoms with Crippen LogP contribution in [0.25, 0.3) is 21.5 Å². The summed E-state index contributed by atoms with van der Waals surface area (Å²) in [7, 11) is 11.2. The van der Waals surface area contributed by atoms with Crippen LogP contribution in [0.3, 0.4) is 0 Å². The summed E-state index contributed by atoms with van der Waals surface area (Å²) in [5.41, 5.74) is 5.43. The van der Waals surface area contributed by atoms with E-state index >= 15 is 0 Å². The molecule has 0 radical (unpaired) electrons. The van der Waals surface area contributed by atoms with Gasteiger partial charge in [0.05, 0.1) is 0 Å². The normalized spacial score (nSPS) is 10.3. The zero-order valence-electron chi connectivity index (χ0n) is 18.9. The third-order valence-corrected chi connectivity index (χ3v) is 24.9. The Morgan fingerprint density at radius 1 is 0.767 bits per heavy atom. The molecule has 0 heterocycles. The van der Waals surface area contributed by atoms with Crippen LogP contribution >= 0.6 is 17.0 Å². The molecule has 4 rings (SSSR count). The SMILES string of the molecule is CCc1cccc2[cH-]c(C)cc12.CCc1cccc2[cH-]c(C)cc12.C[Si](C)=[Zr]([Cl])[Cl]. The van der Waals surface area contributed by atoms with E-state index in [4.69, 9.17) is 17.0 Å². The van der Waals surface area contributed by atoms with Crippen LogP contribution in [0.15, 0.2) is 60.7 Å². The molecule has 0 aromatic heterocycles. The van der Waals surface area contributed by atoms with Crippen molar-refractivity contribution in [1.82, 2.24) is 0 Å². The van der Waals surface area contributed by atoms with Gasteiger partial charge in [0.15, 0.2) is 0 Å². The molecule has 0 bridgehead atoms. The third kappa shape index (κ3) is 7.20. The minimum atomic E-state index is -1.65. The molecule has 0 aliphatic carbocycles. The first-order chi connectivity index (χ1) is 14.3. The van der Waals surface area contributed by atoms with E-state index in [2.05, 4.69) is 101 Å². The number of hydrogen-bond donors (Lipinski definition) is 0. The summed E-state index contributed by atoms with van der Waals surface area (Å²) in [5.74, 6) is 0. The van der Waals surface area contributed by atoms with Crippen LogP contribution in [0.2, 0.25) is 13.1 Å². The molecular formula is C26H32Cl2SiZr-2. The van der Waals surface area contributed by atoms with Crippen molar-refractivity contribution in [3.05, 3.63) is 82.9 Å². The summed E-state index contributed by atoms with van der Waals surface area (Å²) >= 11 is -1.65. The number of hydrogen-bond acceptors (Lipinski definition) is 0. The maximum atomic E-state index is 5.62. The molecule has 0 nitrogen and oxygen atoms in total. The molecule has 0 aliphatic rings. The molecule has 30 heavy (non-hydrogen) atoms. The second-order valence-electron chi connectivity index (χ2n) is 7.87. The molecule has 0 saturated heterocycles. The topological polar surface area (TPSA) is 0 Å². The van der Waals surface area contributed by atoms with Crippen LogP contribution in [0.1, 0.15) is 36.1 Å². The summed E-state index contributed by atoms with van der Waals surface area (Å²) in [6, 6.07) is 22.1. The fourth-order valence-electron chi connectivity index (χ4n) is 3.52. The summed E-state index contributed by atoms with van der Waals surface area (Å²) in [4.78, 5) is 0. The zero-order valence-corrected chi connectivity index (χ0v) is 23.9. The van der Waals surface area contributed by atoms with Crippen LogP contribution < -0.4 is 0 Å². The molecule has 0 saturated carbocycles. The van der Waals surface area contributed by atoms with Gasteiger partial charge in [0.2, 0.25) is 0 Å². The van der Waals surface area contributed by atoms with Crippen molar-refractivity contribution in [3.63, 3.8) is 0 Å². The Morgan fingerprint density at radius 3 is 1.43 bits per heavy atom. The molecule has 0 aliphatic heterocycles. The Kier molecular flexibility index (Phi) is 10.6. The van der Waals surface area contributed by atoms with Crippen molar-refractivity contribution >= 4 is 44.0 Å². The molecular weight excluding hydrogens is 503 g/mol. The van der Waals surface area contributed by atoms with Crippen molar-refractivity contribution in [2.45, 2.75) is 53.6 Å². The Balaban J connectivity index is 0.000000171. The third-order valence-electron chi connectivity index (χ3n) is 5.11. The average molecular weight is 535 g/mol. The Morgan fingerprint density at radius 2 is 1.13 bits per heavy atom. The predicted molar refractivity (Wildman–Crippen MR) is 136 cm³/mol. The molecule has 4 aromatic rings. The monoisotopic (exact) mass is 532 g/mol. The molecule has 0 spiro atoms. The quantitative estimate of drug-likeness (QED) is 0.178. The van der Waals surface area contributed by atoms with Crippen LogP contribution in [0.5, 0.6) is 0 Å². The second-order valence-corrected chi connectivity index (χ2v) is 30.9. The van der Waals surface area contributed by atoms with E-state index in [0.29, 0.717) is 0 Å².